The fraction of sp³-hybridized carbons (Fsp3) is 0.125. The molecule has 0 bridgehead atoms. The van der Waals surface area contributed by atoms with E-state index in [-0.39, 0.29) is 0 Å². The van der Waals surface area contributed by atoms with Crippen molar-refractivity contribution in [1.29, 1.82) is 0 Å². The highest BCUT2D eigenvalue weighted by atomic mass is 32.2. The van der Waals surface area contributed by atoms with Crippen LogP contribution in [0.1, 0.15) is 27.8 Å². The average Bonchev–Trinajstić information content (AvgIpc) is 3.10. The first kappa shape index (κ1) is 35.4. The molecule has 0 amide bonds. The summed E-state index contributed by atoms with van der Waals surface area (Å²) in [6.45, 7) is 13.3. The predicted octanol–water partition coefficient (Wildman–Crippen LogP) is 10.6. The van der Waals surface area contributed by atoms with Gasteiger partial charge in [-0.25, -0.2) is 4.31 Å². The van der Waals surface area contributed by atoms with E-state index in [1.54, 1.807) is 30.0 Å². The molecule has 1 N–H and O–H groups in total. The van der Waals surface area contributed by atoms with Crippen molar-refractivity contribution in [2.24, 2.45) is 10.3 Å². The first-order valence-electron chi connectivity index (χ1n) is 15.6. The average molecular weight is 687 g/mol. The topological polar surface area (TPSA) is 75.5 Å². The van der Waals surface area contributed by atoms with Crippen molar-refractivity contribution in [3.63, 3.8) is 0 Å². The number of allylic oxidation sites excluding steroid dienone is 1. The van der Waals surface area contributed by atoms with Crippen LogP contribution < -0.4 is 14.3 Å². The molecule has 0 aliphatic carbocycles. The van der Waals surface area contributed by atoms with Gasteiger partial charge in [0, 0.05) is 30.7 Å². The monoisotopic (exact) mass is 686 g/mol. The first-order valence-corrected chi connectivity index (χ1v) is 17.2. The Morgan fingerprint density at radius 1 is 0.837 bits per heavy atom. The Labute approximate surface area is 297 Å². The lowest BCUT2D eigenvalue weighted by molar-refractivity contribution is 0.323. The van der Waals surface area contributed by atoms with E-state index in [1.165, 1.54) is 34.0 Å². The fourth-order valence-corrected chi connectivity index (χ4v) is 7.08. The number of hydrogen-bond donors (Lipinski definition) is 1. The third kappa shape index (κ3) is 10.8. The number of nitrogens with zero attached hydrogens (tertiary/aromatic N) is 3. The molecular formula is C40H38N4O3S2. The summed E-state index contributed by atoms with van der Waals surface area (Å²) in [6, 6.07) is 39.4. The van der Waals surface area contributed by atoms with Gasteiger partial charge in [0.25, 0.3) is 0 Å². The maximum Gasteiger partial charge on any atom is 0.179 e. The molecule has 7 nitrogen and oxygen atoms in total. The fourth-order valence-electron chi connectivity index (χ4n) is 5.18. The van der Waals surface area contributed by atoms with Crippen molar-refractivity contribution in [2.45, 2.75) is 43.3 Å². The minimum Gasteiger partial charge on any atom is -0.458 e. The van der Waals surface area contributed by atoms with E-state index in [9.17, 15) is 4.91 Å². The molecule has 0 saturated heterocycles. The second kappa shape index (κ2) is 18.0. The second-order valence-corrected chi connectivity index (χ2v) is 13.4. The second-order valence-electron chi connectivity index (χ2n) is 11.3. The zero-order valence-corrected chi connectivity index (χ0v) is 29.2. The Hall–Kier alpha value is -4.93. The molecule has 248 valence electrons. The lowest BCUT2D eigenvalue weighted by Gasteiger charge is -2.23. The molecule has 5 rings (SSSR count). The normalized spacial score (nSPS) is 11.1. The number of aryl methyl sites for hydroxylation is 2. The highest BCUT2D eigenvalue weighted by Crippen LogP contribution is 2.37. The molecule has 0 spiro atoms. The summed E-state index contributed by atoms with van der Waals surface area (Å²) >= 11 is 3.13. The summed E-state index contributed by atoms with van der Waals surface area (Å²) in [4.78, 5) is 22.0. The Balaban J connectivity index is 1.27. The van der Waals surface area contributed by atoms with Crippen LogP contribution in [0.25, 0.3) is 11.1 Å². The molecule has 0 aromatic heterocycles. The SMILES string of the molecule is C=N/C=C\C(=C)Oc1ccc(SNCc2cccc(CN(Cc3ccc(-c4ccccc4)cc3)Sc3cc(C)cc(C)c3ON=O)c2)cc1. The van der Waals surface area contributed by atoms with Gasteiger partial charge in [0.15, 0.2) is 11.1 Å². The van der Waals surface area contributed by atoms with E-state index in [4.69, 9.17) is 9.57 Å². The number of nitrogens with one attached hydrogen (secondary N) is 1. The molecule has 5 aromatic carbocycles. The molecule has 0 fully saturated rings. The molecule has 0 unspecified atom stereocenters. The highest BCUT2D eigenvalue weighted by molar-refractivity contribution is 7.97. The van der Waals surface area contributed by atoms with Crippen LogP contribution in [0.2, 0.25) is 0 Å². The molecule has 0 atom stereocenters. The van der Waals surface area contributed by atoms with Crippen molar-refractivity contribution in [3.05, 3.63) is 173 Å². The molecule has 49 heavy (non-hydrogen) atoms. The van der Waals surface area contributed by atoms with Crippen LogP contribution in [0, 0.1) is 18.8 Å². The Bertz CT molecular complexity index is 1900. The minimum absolute atomic E-state index is 0.483. The molecular weight excluding hydrogens is 649 g/mol. The van der Waals surface area contributed by atoms with E-state index in [0.29, 0.717) is 36.9 Å². The van der Waals surface area contributed by atoms with Crippen LogP contribution in [0.15, 0.2) is 160 Å². The smallest absolute Gasteiger partial charge is 0.179 e. The van der Waals surface area contributed by atoms with E-state index in [0.717, 1.165) is 20.9 Å². The maximum atomic E-state index is 11.2. The van der Waals surface area contributed by atoms with Gasteiger partial charge >= 0.3 is 0 Å². The predicted molar refractivity (Wildman–Crippen MR) is 203 cm³/mol. The van der Waals surface area contributed by atoms with Gasteiger partial charge in [-0.2, -0.15) is 0 Å². The largest absolute Gasteiger partial charge is 0.458 e. The summed E-state index contributed by atoms with van der Waals surface area (Å²) in [6.07, 6.45) is 3.20. The third-order valence-electron chi connectivity index (χ3n) is 7.42. The number of benzene rings is 5. The maximum absolute atomic E-state index is 11.2. The molecule has 0 aliphatic heterocycles. The molecule has 0 aliphatic rings. The molecule has 0 heterocycles. The van der Waals surface area contributed by atoms with Gasteiger partial charge in [0.1, 0.15) is 11.5 Å². The van der Waals surface area contributed by atoms with Crippen molar-refractivity contribution >= 4 is 30.6 Å². The van der Waals surface area contributed by atoms with Crippen LogP contribution in [0.5, 0.6) is 11.5 Å². The standard InChI is InChI=1S/C40H38N4O3S2/c1-29-23-30(2)40(47-43-45)39(24-29)49-44(27-32-13-15-36(16-14-32)35-11-6-5-7-12-35)28-34-10-8-9-33(25-34)26-42-48-38-19-17-37(18-20-38)46-31(3)21-22-41-4/h5-25,42H,3-4,26-28H2,1-2H3/b22-21-. The minimum atomic E-state index is 0.483. The van der Waals surface area contributed by atoms with Gasteiger partial charge in [-0.15, -0.1) is 4.91 Å². The summed E-state index contributed by atoms with van der Waals surface area (Å²) in [5.74, 6) is 1.67. The quantitative estimate of drug-likeness (QED) is 0.0261. The van der Waals surface area contributed by atoms with E-state index < -0.39 is 0 Å². The van der Waals surface area contributed by atoms with Crippen LogP contribution in [0.4, 0.5) is 0 Å². The number of rotatable bonds is 17. The van der Waals surface area contributed by atoms with Crippen LogP contribution in [-0.4, -0.2) is 11.0 Å². The molecule has 5 aromatic rings. The van der Waals surface area contributed by atoms with E-state index >= 15 is 0 Å². The van der Waals surface area contributed by atoms with E-state index in [1.807, 2.05) is 56.3 Å². The van der Waals surface area contributed by atoms with E-state index in [2.05, 4.69) is 105 Å². The van der Waals surface area contributed by atoms with Crippen LogP contribution in [0.3, 0.4) is 0 Å². The van der Waals surface area contributed by atoms with Crippen molar-refractivity contribution in [3.8, 4) is 22.6 Å². The summed E-state index contributed by atoms with van der Waals surface area (Å²) in [7, 11) is 0. The van der Waals surface area contributed by atoms with Gasteiger partial charge in [-0.05, 0) is 120 Å². The zero-order valence-electron chi connectivity index (χ0n) is 27.5. The molecule has 0 radical (unpaired) electrons. The number of ether oxygens (including phenoxy) is 1. The van der Waals surface area contributed by atoms with Crippen molar-refractivity contribution in [2.75, 3.05) is 0 Å². The Kier molecular flexibility index (Phi) is 13.0. The summed E-state index contributed by atoms with van der Waals surface area (Å²) in [5.41, 5.74) is 7.82. The summed E-state index contributed by atoms with van der Waals surface area (Å²) in [5, 5.41) is 2.75. The number of hydrogen-bond acceptors (Lipinski definition) is 9. The Morgan fingerprint density at radius 3 is 2.29 bits per heavy atom. The van der Waals surface area contributed by atoms with Gasteiger partial charge in [-0.1, -0.05) is 91.5 Å². The lowest BCUT2D eigenvalue weighted by atomic mass is 10.0. The van der Waals surface area contributed by atoms with Crippen molar-refractivity contribution in [1.82, 2.24) is 9.03 Å². The highest BCUT2D eigenvalue weighted by Gasteiger charge is 2.17. The Morgan fingerprint density at radius 2 is 1.55 bits per heavy atom. The van der Waals surface area contributed by atoms with Crippen LogP contribution in [-0.2, 0) is 19.6 Å². The van der Waals surface area contributed by atoms with Crippen LogP contribution >= 0.6 is 23.9 Å². The van der Waals surface area contributed by atoms with Gasteiger partial charge in [-0.3, -0.25) is 9.71 Å². The van der Waals surface area contributed by atoms with Gasteiger partial charge in [0.2, 0.25) is 0 Å². The van der Waals surface area contributed by atoms with Gasteiger partial charge in [0.05, 0.1) is 4.90 Å². The molecule has 9 heteroatoms. The van der Waals surface area contributed by atoms with Crippen molar-refractivity contribution < 1.29 is 9.57 Å². The summed E-state index contributed by atoms with van der Waals surface area (Å²) < 4.78 is 11.4. The lowest BCUT2D eigenvalue weighted by Crippen LogP contribution is -2.16. The zero-order chi connectivity index (χ0) is 34.4. The first-order chi connectivity index (χ1) is 23.9. The number of aliphatic imine (C=N–C) groups is 1. The third-order valence-corrected chi connectivity index (χ3v) is 9.23. The van der Waals surface area contributed by atoms with Gasteiger partial charge < -0.3 is 9.57 Å². The molecule has 0 saturated carbocycles.